The van der Waals surface area contributed by atoms with Crippen molar-refractivity contribution in [2.45, 2.75) is 0 Å². The van der Waals surface area contributed by atoms with Gasteiger partial charge in [-0.3, -0.25) is 9.78 Å². The molecule has 0 saturated heterocycles. The van der Waals surface area contributed by atoms with Crippen LogP contribution in [0.2, 0.25) is 0 Å². The number of nitrogen functional groups attached to an aromatic ring is 1. The van der Waals surface area contributed by atoms with Crippen LogP contribution in [-0.4, -0.2) is 21.6 Å². The lowest BCUT2D eigenvalue weighted by atomic mass is 10.2. The quantitative estimate of drug-likeness (QED) is 0.719. The van der Waals surface area contributed by atoms with Crippen molar-refractivity contribution < 1.29 is 4.74 Å². The molecule has 0 atom stereocenters. The van der Waals surface area contributed by atoms with Crippen molar-refractivity contribution >= 4 is 16.7 Å². The first-order valence-electron chi connectivity index (χ1n) is 6.15. The van der Waals surface area contributed by atoms with Gasteiger partial charge in [0.15, 0.2) is 5.65 Å². The van der Waals surface area contributed by atoms with Crippen LogP contribution in [0.5, 0.6) is 5.75 Å². The Kier molecular flexibility index (Phi) is 2.94. The number of pyridine rings is 1. The minimum atomic E-state index is -0.560. The van der Waals surface area contributed by atoms with Crippen LogP contribution in [-0.2, 0) is 0 Å². The van der Waals surface area contributed by atoms with Crippen molar-refractivity contribution in [3.05, 3.63) is 57.4 Å². The second-order valence-corrected chi connectivity index (χ2v) is 4.43. The van der Waals surface area contributed by atoms with Gasteiger partial charge >= 0.3 is 5.69 Å². The average molecular weight is 284 g/mol. The van der Waals surface area contributed by atoms with Gasteiger partial charge in [0.1, 0.15) is 5.75 Å². The predicted octanol–water partition coefficient (Wildman–Crippen LogP) is 0.665. The summed E-state index contributed by atoms with van der Waals surface area (Å²) in [6.45, 7) is 0. The molecule has 0 spiro atoms. The Morgan fingerprint density at radius 1 is 1.24 bits per heavy atom. The summed E-state index contributed by atoms with van der Waals surface area (Å²) in [7, 11) is 1.56. The molecular weight excluding hydrogens is 272 g/mol. The summed E-state index contributed by atoms with van der Waals surface area (Å²) < 4.78 is 6.40. The molecule has 3 N–H and O–H groups in total. The average Bonchev–Trinajstić information content (AvgIpc) is 2.48. The van der Waals surface area contributed by atoms with Crippen LogP contribution in [0.25, 0.3) is 16.7 Å². The molecule has 0 unspecified atom stereocenters. The summed E-state index contributed by atoms with van der Waals surface area (Å²) in [6, 6.07) is 8.33. The van der Waals surface area contributed by atoms with Crippen LogP contribution < -0.4 is 21.7 Å². The number of nitrogens with one attached hydrogen (secondary N) is 1. The summed E-state index contributed by atoms with van der Waals surface area (Å²) in [6.07, 6.45) is 1.40. The summed E-state index contributed by atoms with van der Waals surface area (Å²) in [4.78, 5) is 30.3. The van der Waals surface area contributed by atoms with Crippen LogP contribution in [0.4, 0.5) is 5.69 Å². The van der Waals surface area contributed by atoms with E-state index in [0.29, 0.717) is 17.1 Å². The fourth-order valence-corrected chi connectivity index (χ4v) is 2.11. The maximum atomic E-state index is 12.1. The molecule has 3 rings (SSSR count). The van der Waals surface area contributed by atoms with E-state index in [9.17, 15) is 9.59 Å². The second-order valence-electron chi connectivity index (χ2n) is 4.43. The number of rotatable bonds is 2. The van der Waals surface area contributed by atoms with Gasteiger partial charge in [-0.15, -0.1) is 0 Å². The molecule has 106 valence electrons. The molecule has 0 aliphatic carbocycles. The Hall–Kier alpha value is -3.09. The Morgan fingerprint density at radius 2 is 1.95 bits per heavy atom. The van der Waals surface area contributed by atoms with Gasteiger partial charge in [0.25, 0.3) is 5.56 Å². The van der Waals surface area contributed by atoms with Crippen molar-refractivity contribution in [3.8, 4) is 11.4 Å². The van der Waals surface area contributed by atoms with Gasteiger partial charge in [-0.1, -0.05) is 0 Å². The fraction of sp³-hybridized carbons (Fsp3) is 0.0714. The lowest BCUT2D eigenvalue weighted by Gasteiger charge is -2.09. The normalized spacial score (nSPS) is 10.7. The summed E-state index contributed by atoms with van der Waals surface area (Å²) in [5, 5.41) is 0.255. The zero-order chi connectivity index (χ0) is 15.0. The van der Waals surface area contributed by atoms with Gasteiger partial charge in [-0.25, -0.2) is 14.3 Å². The molecule has 0 fully saturated rings. The van der Waals surface area contributed by atoms with Crippen molar-refractivity contribution in [2.24, 2.45) is 0 Å². The number of ether oxygens (including phenoxy) is 1. The number of benzene rings is 1. The Bertz CT molecular complexity index is 926. The molecule has 2 heterocycles. The minimum absolute atomic E-state index is 0.253. The second kappa shape index (κ2) is 4.78. The highest BCUT2D eigenvalue weighted by molar-refractivity contribution is 5.78. The van der Waals surface area contributed by atoms with Gasteiger partial charge in [0, 0.05) is 0 Å². The topological polar surface area (TPSA) is 103 Å². The molecule has 0 bridgehead atoms. The van der Waals surface area contributed by atoms with E-state index >= 15 is 0 Å². The zero-order valence-electron chi connectivity index (χ0n) is 11.2. The third kappa shape index (κ3) is 2.14. The molecule has 7 heteroatoms. The highest BCUT2D eigenvalue weighted by Gasteiger charge is 2.10. The molecule has 0 saturated carbocycles. The number of aromatic amines is 1. The molecule has 0 amide bonds. The highest BCUT2D eigenvalue weighted by Crippen LogP contribution is 2.17. The summed E-state index contributed by atoms with van der Waals surface area (Å²) in [5.74, 6) is 0.665. The van der Waals surface area contributed by atoms with Crippen LogP contribution in [0.15, 0.2) is 46.1 Å². The fourth-order valence-electron chi connectivity index (χ4n) is 2.11. The van der Waals surface area contributed by atoms with Gasteiger partial charge < -0.3 is 10.5 Å². The van der Waals surface area contributed by atoms with E-state index in [2.05, 4.69) is 9.97 Å². The van der Waals surface area contributed by atoms with Crippen LogP contribution in [0.3, 0.4) is 0 Å². The van der Waals surface area contributed by atoms with E-state index in [1.165, 1.54) is 16.8 Å². The molecular formula is C14H12N4O3. The number of nitrogens with zero attached hydrogens (tertiary/aromatic N) is 2. The van der Waals surface area contributed by atoms with E-state index in [0.717, 1.165) is 0 Å². The van der Waals surface area contributed by atoms with E-state index < -0.39 is 11.2 Å². The maximum Gasteiger partial charge on any atom is 0.334 e. The SMILES string of the molecule is COc1ccc(-n2c(=O)[nH]c(=O)c3cc(N)cnc32)cc1. The van der Waals surface area contributed by atoms with Crippen molar-refractivity contribution in [2.75, 3.05) is 12.8 Å². The first kappa shape index (κ1) is 12.9. The lowest BCUT2D eigenvalue weighted by molar-refractivity contribution is 0.414. The number of methoxy groups -OCH3 is 1. The summed E-state index contributed by atoms with van der Waals surface area (Å²) >= 11 is 0. The molecule has 21 heavy (non-hydrogen) atoms. The molecule has 7 nitrogen and oxygen atoms in total. The van der Waals surface area contributed by atoms with Gasteiger partial charge in [-0.2, -0.15) is 0 Å². The molecule has 3 aromatic rings. The minimum Gasteiger partial charge on any atom is -0.497 e. The van der Waals surface area contributed by atoms with E-state index in [1.54, 1.807) is 31.4 Å². The molecule has 0 radical (unpaired) electrons. The van der Waals surface area contributed by atoms with Crippen LogP contribution >= 0.6 is 0 Å². The maximum absolute atomic E-state index is 12.1. The smallest absolute Gasteiger partial charge is 0.334 e. The number of hydrogen-bond donors (Lipinski definition) is 2. The number of H-pyrrole nitrogens is 1. The van der Waals surface area contributed by atoms with Crippen LogP contribution in [0.1, 0.15) is 0 Å². The Labute approximate surface area is 118 Å². The number of fused-ring (bicyclic) bond motifs is 1. The first-order chi connectivity index (χ1) is 10.1. The van der Waals surface area contributed by atoms with E-state index in [-0.39, 0.29) is 11.0 Å². The third-order valence-electron chi connectivity index (χ3n) is 3.10. The number of aromatic nitrogens is 3. The third-order valence-corrected chi connectivity index (χ3v) is 3.10. The van der Waals surface area contributed by atoms with Gasteiger partial charge in [0.2, 0.25) is 0 Å². The monoisotopic (exact) mass is 284 g/mol. The molecule has 0 aliphatic heterocycles. The van der Waals surface area contributed by atoms with E-state index in [4.69, 9.17) is 10.5 Å². The first-order valence-corrected chi connectivity index (χ1v) is 6.15. The largest absolute Gasteiger partial charge is 0.497 e. The predicted molar refractivity (Wildman–Crippen MR) is 78.9 cm³/mol. The number of hydrogen-bond acceptors (Lipinski definition) is 5. The molecule has 1 aromatic carbocycles. The lowest BCUT2D eigenvalue weighted by Crippen LogP contribution is -2.29. The standard InChI is InChI=1S/C14H12N4O3/c1-21-10-4-2-9(3-5-10)18-12-11(6-8(15)7-16-12)13(19)17-14(18)20/h2-7H,15H2,1H3,(H,17,19,20). The van der Waals surface area contributed by atoms with Gasteiger partial charge in [-0.05, 0) is 30.3 Å². The Morgan fingerprint density at radius 3 is 2.62 bits per heavy atom. The van der Waals surface area contributed by atoms with Crippen molar-refractivity contribution in [3.63, 3.8) is 0 Å². The summed E-state index contributed by atoms with van der Waals surface area (Å²) in [5.41, 5.74) is 5.74. The zero-order valence-corrected chi connectivity index (χ0v) is 11.2. The molecule has 0 aliphatic rings. The molecule has 2 aromatic heterocycles. The van der Waals surface area contributed by atoms with Crippen LogP contribution in [0, 0.1) is 0 Å². The van der Waals surface area contributed by atoms with Crippen molar-refractivity contribution in [1.82, 2.24) is 14.5 Å². The number of anilines is 1. The highest BCUT2D eigenvalue weighted by atomic mass is 16.5. The van der Waals surface area contributed by atoms with E-state index in [1.807, 2.05) is 0 Å². The van der Waals surface area contributed by atoms with Crippen molar-refractivity contribution in [1.29, 1.82) is 0 Å². The number of nitrogens with two attached hydrogens (primary N) is 1. The van der Waals surface area contributed by atoms with Gasteiger partial charge in [0.05, 0.1) is 30.1 Å². The Balaban J connectivity index is 2.35.